The average Bonchev–Trinajstić information content (AvgIpc) is 3.12. The highest BCUT2D eigenvalue weighted by molar-refractivity contribution is 7.18. The fourth-order valence-corrected chi connectivity index (χ4v) is 3.97. The lowest BCUT2D eigenvalue weighted by atomic mass is 10.1. The van der Waals surface area contributed by atoms with E-state index in [1.54, 1.807) is 0 Å². The van der Waals surface area contributed by atoms with Gasteiger partial charge in [0.05, 0.1) is 23.1 Å². The quantitative estimate of drug-likeness (QED) is 0.761. The van der Waals surface area contributed by atoms with E-state index in [0.717, 1.165) is 29.2 Å². The van der Waals surface area contributed by atoms with Gasteiger partial charge in [-0.05, 0) is 11.6 Å². The Morgan fingerprint density at radius 1 is 1.12 bits per heavy atom. The van der Waals surface area contributed by atoms with Crippen molar-refractivity contribution in [2.45, 2.75) is 6.92 Å². The summed E-state index contributed by atoms with van der Waals surface area (Å²) in [5.41, 5.74) is 2.17. The number of nitrogens with zero attached hydrogens (tertiary/aromatic N) is 1. The van der Waals surface area contributed by atoms with Gasteiger partial charge in [0.1, 0.15) is 0 Å². The third-order valence-corrected chi connectivity index (χ3v) is 5.30. The van der Waals surface area contributed by atoms with Crippen LogP contribution in [0, 0.1) is 0 Å². The van der Waals surface area contributed by atoms with E-state index >= 15 is 0 Å². The molecule has 3 rings (SSSR count). The number of thiophene rings is 1. The SMILES string of the molecule is CC(=O)NCCNC(=O)c1cc(-c2ccccc2)c(N2CCOCC2)s1. The second-order valence-electron chi connectivity index (χ2n) is 6.03. The van der Waals surface area contributed by atoms with E-state index in [9.17, 15) is 9.59 Å². The smallest absolute Gasteiger partial charge is 0.261 e. The van der Waals surface area contributed by atoms with Crippen molar-refractivity contribution in [1.29, 1.82) is 0 Å². The number of benzene rings is 1. The molecule has 1 aromatic heterocycles. The maximum Gasteiger partial charge on any atom is 0.261 e. The van der Waals surface area contributed by atoms with Crippen molar-refractivity contribution in [2.75, 3.05) is 44.3 Å². The van der Waals surface area contributed by atoms with E-state index in [4.69, 9.17) is 4.74 Å². The first kappa shape index (κ1) is 18.4. The summed E-state index contributed by atoms with van der Waals surface area (Å²) in [7, 11) is 0. The minimum absolute atomic E-state index is 0.101. The third kappa shape index (κ3) is 4.62. The van der Waals surface area contributed by atoms with E-state index < -0.39 is 0 Å². The van der Waals surface area contributed by atoms with Crippen LogP contribution in [0.1, 0.15) is 16.6 Å². The summed E-state index contributed by atoms with van der Waals surface area (Å²) in [6.07, 6.45) is 0. The van der Waals surface area contributed by atoms with Gasteiger partial charge < -0.3 is 20.3 Å². The maximum atomic E-state index is 12.5. The van der Waals surface area contributed by atoms with Gasteiger partial charge in [-0.2, -0.15) is 0 Å². The molecule has 0 spiro atoms. The molecule has 0 saturated carbocycles. The Labute approximate surface area is 157 Å². The van der Waals surface area contributed by atoms with Crippen molar-refractivity contribution in [3.8, 4) is 11.1 Å². The minimum atomic E-state index is -0.114. The molecule has 0 atom stereocenters. The fraction of sp³-hybridized carbons (Fsp3) is 0.368. The molecule has 6 nitrogen and oxygen atoms in total. The van der Waals surface area contributed by atoms with E-state index in [-0.39, 0.29) is 11.8 Å². The number of hydrogen-bond acceptors (Lipinski definition) is 5. The Hall–Kier alpha value is -2.38. The number of morpholine rings is 1. The van der Waals surface area contributed by atoms with Crippen LogP contribution >= 0.6 is 11.3 Å². The lowest BCUT2D eigenvalue weighted by molar-refractivity contribution is -0.118. The molecular formula is C19H23N3O3S. The zero-order valence-corrected chi connectivity index (χ0v) is 15.6. The average molecular weight is 373 g/mol. The predicted molar refractivity (Wildman–Crippen MR) is 104 cm³/mol. The van der Waals surface area contributed by atoms with Crippen LogP contribution in [0.25, 0.3) is 11.1 Å². The minimum Gasteiger partial charge on any atom is -0.378 e. The van der Waals surface area contributed by atoms with Crippen LogP contribution in [0.15, 0.2) is 36.4 Å². The van der Waals surface area contributed by atoms with Crippen molar-refractivity contribution in [3.63, 3.8) is 0 Å². The number of amides is 2. The molecule has 0 unspecified atom stereocenters. The number of anilines is 1. The largest absolute Gasteiger partial charge is 0.378 e. The van der Waals surface area contributed by atoms with E-state index in [1.807, 2.05) is 24.3 Å². The van der Waals surface area contributed by atoms with Crippen LogP contribution in [0.4, 0.5) is 5.00 Å². The summed E-state index contributed by atoms with van der Waals surface area (Å²) in [5.74, 6) is -0.214. The molecule has 0 bridgehead atoms. The first-order chi connectivity index (χ1) is 12.6. The van der Waals surface area contributed by atoms with Gasteiger partial charge in [-0.15, -0.1) is 11.3 Å². The van der Waals surface area contributed by atoms with Crippen LogP contribution in [0.3, 0.4) is 0 Å². The lowest BCUT2D eigenvalue weighted by Gasteiger charge is -2.28. The van der Waals surface area contributed by atoms with Crippen LogP contribution in [0.2, 0.25) is 0 Å². The van der Waals surface area contributed by atoms with Gasteiger partial charge in [0.25, 0.3) is 5.91 Å². The number of nitrogens with one attached hydrogen (secondary N) is 2. The van der Waals surface area contributed by atoms with E-state index in [1.165, 1.54) is 18.3 Å². The molecule has 138 valence electrons. The van der Waals surface area contributed by atoms with Gasteiger partial charge >= 0.3 is 0 Å². The van der Waals surface area contributed by atoms with Crippen LogP contribution < -0.4 is 15.5 Å². The van der Waals surface area contributed by atoms with Crippen molar-refractivity contribution in [2.24, 2.45) is 0 Å². The lowest BCUT2D eigenvalue weighted by Crippen LogP contribution is -2.36. The van der Waals surface area contributed by atoms with Gasteiger partial charge in [0.15, 0.2) is 0 Å². The summed E-state index contributed by atoms with van der Waals surface area (Å²) in [4.78, 5) is 26.4. The topological polar surface area (TPSA) is 70.7 Å². The molecule has 2 heterocycles. The molecular weight excluding hydrogens is 350 g/mol. The molecule has 1 aliphatic heterocycles. The number of hydrogen-bond donors (Lipinski definition) is 2. The molecule has 1 saturated heterocycles. The zero-order valence-electron chi connectivity index (χ0n) is 14.8. The molecule has 1 aromatic carbocycles. The molecule has 2 aromatic rings. The highest BCUT2D eigenvalue weighted by Gasteiger charge is 2.21. The van der Waals surface area contributed by atoms with E-state index in [0.29, 0.717) is 31.2 Å². The zero-order chi connectivity index (χ0) is 18.4. The van der Waals surface area contributed by atoms with Gasteiger partial charge in [0, 0.05) is 38.7 Å². The Balaban J connectivity index is 1.79. The van der Waals surface area contributed by atoms with Crippen molar-refractivity contribution in [3.05, 3.63) is 41.3 Å². The molecule has 2 amide bonds. The Bertz CT molecular complexity index is 755. The fourth-order valence-electron chi connectivity index (χ4n) is 2.82. The monoisotopic (exact) mass is 373 g/mol. The third-order valence-electron chi connectivity index (χ3n) is 4.10. The molecule has 1 aliphatic rings. The summed E-state index contributed by atoms with van der Waals surface area (Å²) in [6.45, 7) is 5.34. The highest BCUT2D eigenvalue weighted by Crippen LogP contribution is 2.39. The van der Waals surface area contributed by atoms with Crippen molar-refractivity contribution >= 4 is 28.2 Å². The molecule has 7 heteroatoms. The predicted octanol–water partition coefficient (Wildman–Crippen LogP) is 2.12. The standard InChI is InChI=1S/C19H23N3O3S/c1-14(23)20-7-8-21-18(24)17-13-16(15-5-3-2-4-6-15)19(26-17)22-9-11-25-12-10-22/h2-6,13H,7-12H2,1H3,(H,20,23)(H,21,24). The van der Waals surface area contributed by atoms with Crippen molar-refractivity contribution < 1.29 is 14.3 Å². The van der Waals surface area contributed by atoms with Crippen LogP contribution in [-0.2, 0) is 9.53 Å². The van der Waals surface area contributed by atoms with Gasteiger partial charge in [-0.3, -0.25) is 9.59 Å². The van der Waals surface area contributed by atoms with Gasteiger partial charge in [-0.1, -0.05) is 30.3 Å². The summed E-state index contributed by atoms with van der Waals surface area (Å²) < 4.78 is 5.46. The number of carbonyl (C=O) groups is 2. The first-order valence-electron chi connectivity index (χ1n) is 8.70. The molecule has 26 heavy (non-hydrogen) atoms. The van der Waals surface area contributed by atoms with E-state index in [2.05, 4.69) is 27.7 Å². The van der Waals surface area contributed by atoms with Gasteiger partial charge in [0.2, 0.25) is 5.91 Å². The van der Waals surface area contributed by atoms with Gasteiger partial charge in [-0.25, -0.2) is 0 Å². The molecule has 0 radical (unpaired) electrons. The Morgan fingerprint density at radius 3 is 2.50 bits per heavy atom. The number of rotatable bonds is 6. The second kappa shape index (κ2) is 8.82. The Morgan fingerprint density at radius 2 is 1.81 bits per heavy atom. The summed E-state index contributed by atoms with van der Waals surface area (Å²) in [5, 5.41) is 6.64. The van der Waals surface area contributed by atoms with Crippen LogP contribution in [0.5, 0.6) is 0 Å². The number of carbonyl (C=O) groups excluding carboxylic acids is 2. The highest BCUT2D eigenvalue weighted by atomic mass is 32.1. The first-order valence-corrected chi connectivity index (χ1v) is 9.51. The molecule has 2 N–H and O–H groups in total. The van der Waals surface area contributed by atoms with Crippen molar-refractivity contribution in [1.82, 2.24) is 10.6 Å². The Kier molecular flexibility index (Phi) is 6.25. The summed E-state index contributed by atoms with van der Waals surface area (Å²) in [6, 6.07) is 12.1. The normalized spacial score (nSPS) is 14.1. The molecule has 1 fully saturated rings. The molecule has 0 aliphatic carbocycles. The number of ether oxygens (including phenoxy) is 1. The second-order valence-corrected chi connectivity index (χ2v) is 7.06. The maximum absolute atomic E-state index is 12.5. The van der Waals surface area contributed by atoms with Crippen LogP contribution in [-0.4, -0.2) is 51.2 Å². The summed E-state index contributed by atoms with van der Waals surface area (Å²) >= 11 is 1.50.